The molecule has 8 heteroatoms. The van der Waals surface area contributed by atoms with Crippen molar-refractivity contribution in [3.63, 3.8) is 0 Å². The predicted octanol–water partition coefficient (Wildman–Crippen LogP) is 5.34. The van der Waals surface area contributed by atoms with E-state index < -0.39 is 17.9 Å². The molecule has 0 aromatic heterocycles. The number of allylic oxidation sites excluding steroid dienone is 3. The molecule has 3 aliphatic rings. The Morgan fingerprint density at radius 3 is 2.17 bits per heavy atom. The van der Waals surface area contributed by atoms with E-state index in [0.717, 1.165) is 42.5 Å². The molecule has 1 saturated carbocycles. The van der Waals surface area contributed by atoms with Gasteiger partial charge in [-0.2, -0.15) is 0 Å². The molecule has 210 valence electrons. The van der Waals surface area contributed by atoms with Gasteiger partial charge >= 0.3 is 11.9 Å². The maximum absolute atomic E-state index is 13.9. The fourth-order valence-electron chi connectivity index (χ4n) is 6.14. The zero-order valence-corrected chi connectivity index (χ0v) is 23.4. The number of carbonyl (C=O) groups is 3. The molecule has 0 radical (unpaired) electrons. The van der Waals surface area contributed by atoms with Crippen molar-refractivity contribution >= 4 is 17.7 Å². The largest absolute Gasteiger partial charge is 0.493 e. The Hall–Kier alpha value is -4.07. The summed E-state index contributed by atoms with van der Waals surface area (Å²) in [5.41, 5.74) is 4.61. The molecule has 0 bridgehead atoms. The molecule has 1 fully saturated rings. The van der Waals surface area contributed by atoms with Gasteiger partial charge in [-0.3, -0.25) is 4.79 Å². The number of ether oxygens (including phenoxy) is 4. The first kappa shape index (κ1) is 27.5. The second-order valence-corrected chi connectivity index (χ2v) is 10.6. The van der Waals surface area contributed by atoms with E-state index in [2.05, 4.69) is 5.32 Å². The number of nitrogens with one attached hydrogen (secondary N) is 1. The fourth-order valence-corrected chi connectivity index (χ4v) is 6.14. The maximum Gasteiger partial charge on any atom is 0.337 e. The normalized spacial score (nSPS) is 21.1. The average molecular weight is 546 g/mol. The molecule has 1 heterocycles. The molecule has 2 aliphatic carbocycles. The van der Waals surface area contributed by atoms with E-state index in [1.165, 1.54) is 7.11 Å². The number of ketones is 1. The van der Waals surface area contributed by atoms with Gasteiger partial charge in [0, 0.05) is 29.3 Å². The van der Waals surface area contributed by atoms with E-state index in [-0.39, 0.29) is 24.2 Å². The number of methoxy groups -OCH3 is 3. The number of Topliss-reactive ketones (excluding diaryl/α,β-unsaturated/α-hetero) is 1. The van der Waals surface area contributed by atoms with Crippen LogP contribution in [0.4, 0.5) is 0 Å². The Kier molecular flexibility index (Phi) is 7.96. The Labute approximate surface area is 234 Å². The molecule has 40 heavy (non-hydrogen) atoms. The lowest BCUT2D eigenvalue weighted by Gasteiger charge is -2.37. The van der Waals surface area contributed by atoms with Crippen molar-refractivity contribution in [2.24, 2.45) is 0 Å². The maximum atomic E-state index is 13.9. The van der Waals surface area contributed by atoms with Crippen molar-refractivity contribution in [2.45, 2.75) is 63.4 Å². The van der Waals surface area contributed by atoms with E-state index in [4.69, 9.17) is 18.9 Å². The summed E-state index contributed by atoms with van der Waals surface area (Å²) in [4.78, 5) is 39.6. The number of carbonyl (C=O) groups excluding carboxylic acids is 3. The van der Waals surface area contributed by atoms with E-state index in [9.17, 15) is 14.4 Å². The minimum absolute atomic E-state index is 0.0331. The monoisotopic (exact) mass is 545 g/mol. The summed E-state index contributed by atoms with van der Waals surface area (Å²) in [6.45, 7) is 1.86. The molecular formula is C32H35NO7. The first-order valence-corrected chi connectivity index (χ1v) is 13.7. The van der Waals surface area contributed by atoms with Crippen LogP contribution in [-0.2, 0) is 19.1 Å². The number of benzene rings is 2. The van der Waals surface area contributed by atoms with Crippen molar-refractivity contribution in [3.8, 4) is 11.5 Å². The predicted molar refractivity (Wildman–Crippen MR) is 148 cm³/mol. The molecule has 2 aromatic carbocycles. The lowest BCUT2D eigenvalue weighted by Crippen LogP contribution is -2.36. The number of dihydropyridines is 1. The Bertz CT molecular complexity index is 1380. The van der Waals surface area contributed by atoms with Gasteiger partial charge in [-0.15, -0.1) is 0 Å². The summed E-state index contributed by atoms with van der Waals surface area (Å²) in [7, 11) is 4.51. The highest BCUT2D eigenvalue weighted by Crippen LogP contribution is 2.46. The van der Waals surface area contributed by atoms with Crippen LogP contribution in [0.2, 0.25) is 0 Å². The van der Waals surface area contributed by atoms with Gasteiger partial charge in [-0.05, 0) is 80.3 Å². The third-order valence-electron chi connectivity index (χ3n) is 8.17. The standard InChI is InChI=1S/C32H35NO7/c1-18-28(32(36)40-23-7-5-6-8-23)29(19-9-11-20(12-10-19)31(35)39-4)30-24(33-18)15-22(16-25(30)34)21-13-14-26(37-2)27(17-21)38-3/h9-14,17,22-23,29,33H,5-8,15-16H2,1-4H3/t22-,29+/m0/s1. The van der Waals surface area contributed by atoms with Crippen molar-refractivity contribution < 1.29 is 33.3 Å². The van der Waals surface area contributed by atoms with E-state index in [0.29, 0.717) is 40.3 Å². The van der Waals surface area contributed by atoms with Gasteiger partial charge in [0.2, 0.25) is 0 Å². The summed E-state index contributed by atoms with van der Waals surface area (Å²) >= 11 is 0. The van der Waals surface area contributed by atoms with Crippen molar-refractivity contribution in [1.82, 2.24) is 5.32 Å². The quantitative estimate of drug-likeness (QED) is 0.466. The number of rotatable bonds is 7. The number of esters is 2. The van der Waals surface area contributed by atoms with Crippen molar-refractivity contribution in [2.75, 3.05) is 21.3 Å². The SMILES string of the molecule is COC(=O)c1ccc([C@@H]2C(C(=O)OC3CCCC3)=C(C)NC3=C2C(=O)C[C@@H](c2ccc(OC)c(OC)c2)C3)cc1. The molecule has 1 aliphatic heterocycles. The fraction of sp³-hybridized carbons (Fsp3) is 0.406. The smallest absolute Gasteiger partial charge is 0.337 e. The highest BCUT2D eigenvalue weighted by molar-refractivity contribution is 6.04. The van der Waals surface area contributed by atoms with Crippen LogP contribution in [0, 0.1) is 0 Å². The van der Waals surface area contributed by atoms with Crippen LogP contribution in [0.25, 0.3) is 0 Å². The van der Waals surface area contributed by atoms with Crippen LogP contribution < -0.4 is 14.8 Å². The summed E-state index contributed by atoms with van der Waals surface area (Å²) in [5, 5.41) is 3.40. The molecule has 5 rings (SSSR count). The Morgan fingerprint density at radius 1 is 0.850 bits per heavy atom. The zero-order chi connectivity index (χ0) is 28.4. The van der Waals surface area contributed by atoms with Crippen LogP contribution >= 0.6 is 0 Å². The van der Waals surface area contributed by atoms with Crippen LogP contribution in [0.1, 0.15) is 78.8 Å². The van der Waals surface area contributed by atoms with Crippen LogP contribution in [0.3, 0.4) is 0 Å². The van der Waals surface area contributed by atoms with Crippen LogP contribution in [0.5, 0.6) is 11.5 Å². The van der Waals surface area contributed by atoms with Gasteiger partial charge < -0.3 is 24.3 Å². The Morgan fingerprint density at radius 2 is 1.52 bits per heavy atom. The van der Waals surface area contributed by atoms with Crippen molar-refractivity contribution in [1.29, 1.82) is 0 Å². The minimum Gasteiger partial charge on any atom is -0.493 e. The van der Waals surface area contributed by atoms with Gasteiger partial charge in [-0.1, -0.05) is 18.2 Å². The van der Waals surface area contributed by atoms with Gasteiger partial charge in [-0.25, -0.2) is 9.59 Å². The van der Waals surface area contributed by atoms with Crippen LogP contribution in [-0.4, -0.2) is 45.2 Å². The third-order valence-corrected chi connectivity index (χ3v) is 8.17. The lowest BCUT2D eigenvalue weighted by atomic mass is 9.71. The molecule has 2 aromatic rings. The molecule has 0 amide bonds. The van der Waals surface area contributed by atoms with E-state index >= 15 is 0 Å². The third kappa shape index (κ3) is 5.22. The second kappa shape index (κ2) is 11.6. The molecule has 8 nitrogen and oxygen atoms in total. The van der Waals surface area contributed by atoms with E-state index in [1.807, 2.05) is 25.1 Å². The average Bonchev–Trinajstić information content (AvgIpc) is 3.48. The van der Waals surface area contributed by atoms with Gasteiger partial charge in [0.05, 0.1) is 32.5 Å². The summed E-state index contributed by atoms with van der Waals surface area (Å²) in [6.07, 6.45) is 4.55. The molecule has 2 atom stereocenters. The molecular weight excluding hydrogens is 510 g/mol. The molecule has 1 N–H and O–H groups in total. The van der Waals surface area contributed by atoms with Gasteiger partial charge in [0.25, 0.3) is 0 Å². The topological polar surface area (TPSA) is 100 Å². The van der Waals surface area contributed by atoms with E-state index in [1.54, 1.807) is 38.5 Å². The minimum atomic E-state index is -0.601. The lowest BCUT2D eigenvalue weighted by molar-refractivity contribution is -0.144. The Balaban J connectivity index is 1.53. The number of hydrogen-bond acceptors (Lipinski definition) is 8. The first-order valence-electron chi connectivity index (χ1n) is 13.7. The second-order valence-electron chi connectivity index (χ2n) is 10.6. The van der Waals surface area contributed by atoms with Crippen molar-refractivity contribution in [3.05, 3.63) is 81.7 Å². The van der Waals surface area contributed by atoms with Crippen LogP contribution in [0.15, 0.2) is 65.0 Å². The zero-order valence-electron chi connectivity index (χ0n) is 23.4. The summed E-state index contributed by atoms with van der Waals surface area (Å²) in [6, 6.07) is 12.6. The van der Waals surface area contributed by atoms with Gasteiger partial charge in [0.15, 0.2) is 17.3 Å². The molecule has 0 saturated heterocycles. The molecule has 0 spiro atoms. The number of hydrogen-bond donors (Lipinski definition) is 1. The molecule has 0 unspecified atom stereocenters. The first-order chi connectivity index (χ1) is 19.3. The summed E-state index contributed by atoms with van der Waals surface area (Å²) < 4.78 is 21.7. The van der Waals surface area contributed by atoms with Gasteiger partial charge in [0.1, 0.15) is 6.10 Å². The summed E-state index contributed by atoms with van der Waals surface area (Å²) in [5.74, 6) is -0.314. The highest BCUT2D eigenvalue weighted by atomic mass is 16.5. The highest BCUT2D eigenvalue weighted by Gasteiger charge is 2.42.